The molecule has 1 N–H and O–H groups in total. The molecule has 2 fully saturated rings. The van der Waals surface area contributed by atoms with Crippen LogP contribution in [-0.2, 0) is 16.1 Å². The average Bonchev–Trinajstić information content (AvgIpc) is 3.27. The van der Waals surface area contributed by atoms with E-state index >= 15 is 0 Å². The second kappa shape index (κ2) is 7.53. The zero-order valence-electron chi connectivity index (χ0n) is 16.6. The maximum Gasteiger partial charge on any atom is 0.408 e. The zero-order chi connectivity index (χ0) is 19.7. The van der Waals surface area contributed by atoms with Gasteiger partial charge in [-0.15, -0.1) is 0 Å². The van der Waals surface area contributed by atoms with Gasteiger partial charge in [-0.1, -0.05) is 63.9 Å². The van der Waals surface area contributed by atoms with E-state index in [-0.39, 0.29) is 23.4 Å². The van der Waals surface area contributed by atoms with Crippen molar-refractivity contribution in [2.45, 2.75) is 65.5 Å². The largest absolute Gasteiger partial charge is 0.465 e. The lowest BCUT2D eigenvalue weighted by molar-refractivity contribution is -0.149. The first kappa shape index (κ1) is 19.7. The van der Waals surface area contributed by atoms with Gasteiger partial charge in [0.25, 0.3) is 0 Å². The van der Waals surface area contributed by atoms with Crippen molar-refractivity contribution >= 4 is 12.1 Å². The second-order valence-electron chi connectivity index (χ2n) is 9.09. The Kier molecular flexibility index (Phi) is 5.50. The molecule has 1 aliphatic carbocycles. The molecule has 148 valence electrons. The van der Waals surface area contributed by atoms with Gasteiger partial charge in [0.05, 0.1) is 0 Å². The van der Waals surface area contributed by atoms with E-state index in [1.54, 1.807) is 0 Å². The molecule has 3 rings (SSSR count). The predicted octanol–water partition coefficient (Wildman–Crippen LogP) is 4.70. The van der Waals surface area contributed by atoms with Crippen molar-refractivity contribution < 1.29 is 19.4 Å². The first-order valence-corrected chi connectivity index (χ1v) is 9.95. The molecule has 1 amide bonds. The van der Waals surface area contributed by atoms with Crippen LogP contribution in [0.2, 0.25) is 0 Å². The first-order chi connectivity index (χ1) is 12.7. The molecule has 2 aliphatic rings. The molecule has 0 spiro atoms. The van der Waals surface area contributed by atoms with Crippen molar-refractivity contribution in [2.24, 2.45) is 16.7 Å². The Morgan fingerprint density at radius 1 is 1.19 bits per heavy atom. The minimum atomic E-state index is -1.03. The van der Waals surface area contributed by atoms with Crippen molar-refractivity contribution in [1.82, 2.24) is 4.90 Å². The predicted molar refractivity (Wildman–Crippen MR) is 103 cm³/mol. The highest BCUT2D eigenvalue weighted by molar-refractivity contribution is 5.81. The summed E-state index contributed by atoms with van der Waals surface area (Å²) < 4.78 is 5.48. The Balaban J connectivity index is 1.74. The summed E-state index contributed by atoms with van der Waals surface area (Å²) in [5.74, 6) is -0.226. The number of likely N-dealkylation sites (tertiary alicyclic amines) is 1. The number of hydrogen-bond acceptors (Lipinski definition) is 3. The fraction of sp³-hybridized carbons (Fsp3) is 0.636. The molecule has 27 heavy (non-hydrogen) atoms. The van der Waals surface area contributed by atoms with Crippen LogP contribution in [0.5, 0.6) is 0 Å². The molecule has 1 aromatic carbocycles. The van der Waals surface area contributed by atoms with Crippen LogP contribution in [0.25, 0.3) is 0 Å². The molecule has 2 atom stereocenters. The molecule has 1 unspecified atom stereocenters. The zero-order valence-corrected chi connectivity index (χ0v) is 16.6. The highest BCUT2D eigenvalue weighted by Crippen LogP contribution is 2.58. The van der Waals surface area contributed by atoms with Gasteiger partial charge < -0.3 is 9.84 Å². The van der Waals surface area contributed by atoms with Crippen LogP contribution in [0.4, 0.5) is 4.79 Å². The van der Waals surface area contributed by atoms with Crippen LogP contribution >= 0.6 is 0 Å². The van der Waals surface area contributed by atoms with Crippen molar-refractivity contribution in [1.29, 1.82) is 0 Å². The smallest absolute Gasteiger partial charge is 0.408 e. The fourth-order valence-electron chi connectivity index (χ4n) is 5.27. The number of rotatable bonds is 4. The summed E-state index contributed by atoms with van der Waals surface area (Å²) in [6, 6.07) is 8.79. The van der Waals surface area contributed by atoms with E-state index in [4.69, 9.17) is 4.74 Å². The molecule has 1 aromatic rings. The quantitative estimate of drug-likeness (QED) is 0.777. The third-order valence-corrected chi connectivity index (χ3v) is 6.81. The van der Waals surface area contributed by atoms with Crippen molar-refractivity contribution in [2.75, 3.05) is 6.54 Å². The van der Waals surface area contributed by atoms with Gasteiger partial charge in [0, 0.05) is 6.54 Å². The summed E-state index contributed by atoms with van der Waals surface area (Å²) in [6.45, 7) is 7.37. The lowest BCUT2D eigenvalue weighted by Crippen LogP contribution is -2.42. The fourth-order valence-corrected chi connectivity index (χ4v) is 5.27. The van der Waals surface area contributed by atoms with Crippen molar-refractivity contribution in [3.05, 3.63) is 35.9 Å². The number of esters is 1. The minimum absolute atomic E-state index is 0.0845. The molecule has 5 heteroatoms. The molecule has 0 bridgehead atoms. The molecular formula is C22H31NO4. The maximum atomic E-state index is 12.7. The Bertz CT molecular complexity index is 673. The van der Waals surface area contributed by atoms with Gasteiger partial charge in [-0.2, -0.15) is 0 Å². The van der Waals surface area contributed by atoms with Gasteiger partial charge in [-0.05, 0) is 41.6 Å². The Morgan fingerprint density at radius 2 is 1.81 bits per heavy atom. The highest BCUT2D eigenvalue weighted by atomic mass is 16.5. The summed E-state index contributed by atoms with van der Waals surface area (Å²) in [6.07, 6.45) is 4.13. The second-order valence-corrected chi connectivity index (χ2v) is 9.09. The standard InChI is InChI=1S/C22H31NO4/c1-21(2,3)22(11-7-8-12-22)17-13-18(23(14-17)20(25)26)19(24)27-15-16-9-5-4-6-10-16/h4-6,9-10,17-18H,7-8,11-15H2,1-3H3,(H,25,26)/t17?,18-/m0/s1. The number of carbonyl (C=O) groups excluding carboxylic acids is 1. The number of hydrogen-bond donors (Lipinski definition) is 1. The van der Waals surface area contributed by atoms with E-state index in [0.717, 1.165) is 18.4 Å². The number of carbonyl (C=O) groups is 2. The molecule has 1 saturated carbocycles. The molecule has 1 heterocycles. The van der Waals surface area contributed by atoms with Gasteiger partial charge >= 0.3 is 12.1 Å². The van der Waals surface area contributed by atoms with Crippen molar-refractivity contribution in [3.8, 4) is 0 Å². The van der Waals surface area contributed by atoms with E-state index < -0.39 is 18.1 Å². The third-order valence-electron chi connectivity index (χ3n) is 6.81. The summed E-state index contributed by atoms with van der Waals surface area (Å²) in [5, 5.41) is 9.68. The van der Waals surface area contributed by atoms with Crippen molar-refractivity contribution in [3.63, 3.8) is 0 Å². The van der Waals surface area contributed by atoms with Crippen LogP contribution in [0, 0.1) is 16.7 Å². The van der Waals surface area contributed by atoms with Gasteiger partial charge in [0.1, 0.15) is 12.6 Å². The number of carboxylic acid groups (broad SMARTS) is 1. The lowest BCUT2D eigenvalue weighted by atomic mass is 9.58. The van der Waals surface area contributed by atoms with E-state index in [1.807, 2.05) is 30.3 Å². The number of ether oxygens (including phenoxy) is 1. The maximum absolute atomic E-state index is 12.7. The molecular weight excluding hydrogens is 342 g/mol. The number of nitrogens with zero attached hydrogens (tertiary/aromatic N) is 1. The Labute approximate surface area is 161 Å². The molecule has 1 saturated heterocycles. The van der Waals surface area contributed by atoms with Crippen LogP contribution in [0.3, 0.4) is 0 Å². The Morgan fingerprint density at radius 3 is 2.37 bits per heavy atom. The van der Waals surface area contributed by atoms with Gasteiger partial charge in [0.15, 0.2) is 0 Å². The van der Waals surface area contributed by atoms with Gasteiger partial charge in [-0.3, -0.25) is 4.90 Å². The van der Waals surface area contributed by atoms with Crippen LogP contribution in [-0.4, -0.2) is 34.7 Å². The lowest BCUT2D eigenvalue weighted by Gasteiger charge is -2.46. The average molecular weight is 373 g/mol. The first-order valence-electron chi connectivity index (χ1n) is 9.95. The number of amides is 1. The summed E-state index contributed by atoms with van der Waals surface area (Å²) in [5.41, 5.74) is 1.08. The summed E-state index contributed by atoms with van der Waals surface area (Å²) >= 11 is 0. The van der Waals surface area contributed by atoms with E-state index in [1.165, 1.54) is 17.7 Å². The van der Waals surface area contributed by atoms with Crippen LogP contribution in [0.15, 0.2) is 30.3 Å². The molecule has 1 aliphatic heterocycles. The van der Waals surface area contributed by atoms with Gasteiger partial charge in [0.2, 0.25) is 0 Å². The monoisotopic (exact) mass is 373 g/mol. The molecule has 0 aromatic heterocycles. The van der Waals surface area contributed by atoms with Crippen LogP contribution in [0.1, 0.15) is 58.4 Å². The number of benzene rings is 1. The summed E-state index contributed by atoms with van der Waals surface area (Å²) in [7, 11) is 0. The van der Waals surface area contributed by atoms with Gasteiger partial charge in [-0.25, -0.2) is 9.59 Å². The normalized spacial score (nSPS) is 24.8. The molecule has 0 radical (unpaired) electrons. The summed E-state index contributed by atoms with van der Waals surface area (Å²) in [4.78, 5) is 25.9. The van der Waals surface area contributed by atoms with E-state index in [9.17, 15) is 14.7 Å². The Hall–Kier alpha value is -2.04. The van der Waals surface area contributed by atoms with E-state index in [2.05, 4.69) is 20.8 Å². The topological polar surface area (TPSA) is 66.8 Å². The van der Waals surface area contributed by atoms with Crippen LogP contribution < -0.4 is 0 Å². The SMILES string of the molecule is CC(C)(C)C1(C2C[C@@H](C(=O)OCc3ccccc3)N(C(=O)O)C2)CCCC1. The molecule has 5 nitrogen and oxygen atoms in total. The highest BCUT2D eigenvalue weighted by Gasteiger charge is 2.55. The minimum Gasteiger partial charge on any atom is -0.465 e. The van der Waals surface area contributed by atoms with E-state index in [0.29, 0.717) is 13.0 Å². The third kappa shape index (κ3) is 3.83.